The number of amides is 2. The summed E-state index contributed by atoms with van der Waals surface area (Å²) in [6.45, 7) is 1.60. The number of carbonyl (C=O) groups is 3. The zero-order valence-corrected chi connectivity index (χ0v) is 10.7. The van der Waals surface area contributed by atoms with Gasteiger partial charge in [-0.15, -0.1) is 5.10 Å². The van der Waals surface area contributed by atoms with E-state index in [1.807, 2.05) is 0 Å². The van der Waals surface area contributed by atoms with Gasteiger partial charge in [0.15, 0.2) is 5.69 Å². The Labute approximate surface area is 109 Å². The van der Waals surface area contributed by atoms with Crippen LogP contribution in [0.25, 0.3) is 0 Å². The maximum atomic E-state index is 12.0. The van der Waals surface area contributed by atoms with E-state index in [4.69, 9.17) is 5.11 Å². The van der Waals surface area contributed by atoms with Gasteiger partial charge in [-0.1, -0.05) is 5.21 Å². The molecule has 1 heterocycles. The average Bonchev–Trinajstić information content (AvgIpc) is 2.82. The summed E-state index contributed by atoms with van der Waals surface area (Å²) < 4.78 is 1.04. The minimum Gasteiger partial charge on any atom is -0.480 e. The van der Waals surface area contributed by atoms with Crippen molar-refractivity contribution in [3.63, 3.8) is 0 Å². The van der Waals surface area contributed by atoms with Crippen molar-refractivity contribution in [1.29, 1.82) is 0 Å². The Morgan fingerprint density at radius 3 is 2.68 bits per heavy atom. The molecule has 19 heavy (non-hydrogen) atoms. The molecule has 0 aromatic carbocycles. The summed E-state index contributed by atoms with van der Waals surface area (Å²) in [6.07, 6.45) is 1.24. The van der Waals surface area contributed by atoms with E-state index in [2.05, 4.69) is 15.6 Å². The predicted molar refractivity (Wildman–Crippen MR) is 63.3 cm³/mol. The number of carboxylic acids is 1. The van der Waals surface area contributed by atoms with Crippen molar-refractivity contribution in [2.45, 2.75) is 13.5 Å². The van der Waals surface area contributed by atoms with E-state index < -0.39 is 11.9 Å². The van der Waals surface area contributed by atoms with Crippen LogP contribution in [-0.2, 0) is 16.1 Å². The third kappa shape index (κ3) is 4.05. The summed E-state index contributed by atoms with van der Waals surface area (Å²) in [6, 6.07) is 0. The minimum atomic E-state index is -1.08. The molecule has 9 nitrogen and oxygen atoms in total. The Morgan fingerprint density at radius 2 is 2.16 bits per heavy atom. The van der Waals surface area contributed by atoms with Crippen LogP contribution >= 0.6 is 0 Å². The Morgan fingerprint density at radius 1 is 1.47 bits per heavy atom. The fraction of sp³-hybridized carbons (Fsp3) is 0.500. The largest absolute Gasteiger partial charge is 0.480 e. The Bertz CT molecular complexity index is 484. The first kappa shape index (κ1) is 14.6. The van der Waals surface area contributed by atoms with Gasteiger partial charge >= 0.3 is 5.97 Å². The molecule has 0 saturated carbocycles. The van der Waals surface area contributed by atoms with E-state index in [1.54, 1.807) is 6.92 Å². The third-order valence-electron chi connectivity index (χ3n) is 2.34. The molecule has 0 radical (unpaired) electrons. The van der Waals surface area contributed by atoms with Gasteiger partial charge in [0.25, 0.3) is 5.91 Å². The van der Waals surface area contributed by atoms with Gasteiger partial charge in [-0.3, -0.25) is 14.4 Å². The number of hydrogen-bond donors (Lipinski definition) is 2. The lowest BCUT2D eigenvalue weighted by Crippen LogP contribution is -2.39. The Kier molecular flexibility index (Phi) is 4.98. The van der Waals surface area contributed by atoms with Crippen molar-refractivity contribution in [2.24, 2.45) is 0 Å². The van der Waals surface area contributed by atoms with Gasteiger partial charge in [0.2, 0.25) is 5.91 Å². The molecular weight excluding hydrogens is 254 g/mol. The van der Waals surface area contributed by atoms with Gasteiger partial charge in [0.05, 0.1) is 12.7 Å². The number of nitrogens with zero attached hydrogens (tertiary/aromatic N) is 4. The number of likely N-dealkylation sites (N-methyl/N-ethyl adjacent to an activating group) is 2. The van der Waals surface area contributed by atoms with Crippen LogP contribution in [0.2, 0.25) is 0 Å². The molecule has 1 aromatic heterocycles. The highest BCUT2D eigenvalue weighted by molar-refractivity contribution is 5.94. The SMILES string of the molecule is CCN(CC(=O)NC)C(=O)c1cn(CC(=O)O)nn1. The quantitative estimate of drug-likeness (QED) is 0.654. The van der Waals surface area contributed by atoms with Gasteiger partial charge in [-0.25, -0.2) is 4.68 Å². The number of aromatic nitrogens is 3. The normalized spacial score (nSPS) is 10.0. The van der Waals surface area contributed by atoms with Crippen LogP contribution in [0, 0.1) is 0 Å². The van der Waals surface area contributed by atoms with Gasteiger partial charge in [0.1, 0.15) is 6.54 Å². The molecule has 0 saturated heterocycles. The second-order valence-electron chi connectivity index (χ2n) is 3.69. The molecule has 0 unspecified atom stereocenters. The zero-order chi connectivity index (χ0) is 14.4. The van der Waals surface area contributed by atoms with Crippen LogP contribution in [0.1, 0.15) is 17.4 Å². The highest BCUT2D eigenvalue weighted by atomic mass is 16.4. The Balaban J connectivity index is 2.77. The van der Waals surface area contributed by atoms with Crippen molar-refractivity contribution in [2.75, 3.05) is 20.1 Å². The molecule has 0 spiro atoms. The van der Waals surface area contributed by atoms with Crippen molar-refractivity contribution in [3.05, 3.63) is 11.9 Å². The minimum absolute atomic E-state index is 0.00648. The van der Waals surface area contributed by atoms with Crippen LogP contribution in [0.15, 0.2) is 6.20 Å². The van der Waals surface area contributed by atoms with Crippen LogP contribution < -0.4 is 5.32 Å². The predicted octanol–water partition coefficient (Wildman–Crippen LogP) is -1.43. The molecule has 0 atom stereocenters. The third-order valence-corrected chi connectivity index (χ3v) is 2.34. The Hall–Kier alpha value is -2.45. The molecule has 9 heteroatoms. The van der Waals surface area contributed by atoms with Crippen molar-refractivity contribution >= 4 is 17.8 Å². The fourth-order valence-corrected chi connectivity index (χ4v) is 1.35. The van der Waals surface area contributed by atoms with Crippen molar-refractivity contribution in [3.8, 4) is 0 Å². The lowest BCUT2D eigenvalue weighted by atomic mass is 10.3. The summed E-state index contributed by atoms with van der Waals surface area (Å²) in [5, 5.41) is 18.1. The number of aliphatic carboxylic acids is 1. The maximum absolute atomic E-state index is 12.0. The molecule has 2 amide bonds. The second kappa shape index (κ2) is 6.47. The van der Waals surface area contributed by atoms with Gasteiger partial charge in [-0.2, -0.15) is 0 Å². The van der Waals surface area contributed by atoms with E-state index in [0.29, 0.717) is 6.54 Å². The van der Waals surface area contributed by atoms with Crippen LogP contribution in [0.3, 0.4) is 0 Å². The van der Waals surface area contributed by atoms with Gasteiger partial charge < -0.3 is 15.3 Å². The molecule has 0 aliphatic carbocycles. The summed E-state index contributed by atoms with van der Waals surface area (Å²) in [5.41, 5.74) is 0.00648. The molecule has 0 fully saturated rings. The van der Waals surface area contributed by atoms with Gasteiger partial charge in [-0.05, 0) is 6.92 Å². The maximum Gasteiger partial charge on any atom is 0.325 e. The highest BCUT2D eigenvalue weighted by Gasteiger charge is 2.20. The van der Waals surface area contributed by atoms with Crippen LogP contribution in [0.5, 0.6) is 0 Å². The highest BCUT2D eigenvalue weighted by Crippen LogP contribution is 2.01. The second-order valence-corrected chi connectivity index (χ2v) is 3.69. The van der Waals surface area contributed by atoms with E-state index in [1.165, 1.54) is 18.1 Å². The zero-order valence-electron chi connectivity index (χ0n) is 10.7. The van der Waals surface area contributed by atoms with E-state index >= 15 is 0 Å². The molecule has 1 aromatic rings. The van der Waals surface area contributed by atoms with E-state index in [-0.39, 0.29) is 24.7 Å². The standard InChI is InChI=1S/C10H15N5O4/c1-3-14(5-8(16)11-2)10(19)7-4-15(13-12-7)6-9(17)18/h4H,3,5-6H2,1-2H3,(H,11,16)(H,17,18). The number of hydrogen-bond acceptors (Lipinski definition) is 5. The first-order valence-electron chi connectivity index (χ1n) is 5.59. The molecular formula is C10H15N5O4. The first-order valence-corrected chi connectivity index (χ1v) is 5.59. The topological polar surface area (TPSA) is 117 Å². The van der Waals surface area contributed by atoms with E-state index in [0.717, 1.165) is 4.68 Å². The molecule has 0 aliphatic rings. The molecule has 104 valence electrons. The van der Waals surface area contributed by atoms with Crippen LogP contribution in [-0.4, -0.2) is 62.9 Å². The summed E-state index contributed by atoms with van der Waals surface area (Å²) in [7, 11) is 1.48. The monoisotopic (exact) mass is 269 g/mol. The number of carbonyl (C=O) groups excluding carboxylic acids is 2. The lowest BCUT2D eigenvalue weighted by Gasteiger charge is -2.18. The fourth-order valence-electron chi connectivity index (χ4n) is 1.35. The van der Waals surface area contributed by atoms with E-state index in [9.17, 15) is 14.4 Å². The van der Waals surface area contributed by atoms with Crippen molar-refractivity contribution < 1.29 is 19.5 Å². The van der Waals surface area contributed by atoms with Crippen LogP contribution in [0.4, 0.5) is 0 Å². The molecule has 2 N–H and O–H groups in total. The summed E-state index contributed by atoms with van der Waals surface area (Å²) in [5.74, 6) is -1.85. The number of carboxylic acid groups (broad SMARTS) is 1. The smallest absolute Gasteiger partial charge is 0.325 e. The molecule has 0 aliphatic heterocycles. The molecule has 1 rings (SSSR count). The average molecular weight is 269 g/mol. The first-order chi connectivity index (χ1) is 8.97. The summed E-state index contributed by atoms with van der Waals surface area (Å²) >= 11 is 0. The number of nitrogens with one attached hydrogen (secondary N) is 1. The van der Waals surface area contributed by atoms with Gasteiger partial charge in [0, 0.05) is 13.6 Å². The lowest BCUT2D eigenvalue weighted by molar-refractivity contribution is -0.137. The summed E-state index contributed by atoms with van der Waals surface area (Å²) in [4.78, 5) is 35.0. The number of rotatable bonds is 6. The molecule has 0 bridgehead atoms. The van der Waals surface area contributed by atoms with Crippen molar-refractivity contribution in [1.82, 2.24) is 25.2 Å².